The Labute approximate surface area is 114 Å². The second-order valence-corrected chi connectivity index (χ2v) is 5.98. The van der Waals surface area contributed by atoms with E-state index < -0.39 is 0 Å². The van der Waals surface area contributed by atoms with Crippen LogP contribution in [0, 0.1) is 17.6 Å². The summed E-state index contributed by atoms with van der Waals surface area (Å²) in [7, 11) is 0. The van der Waals surface area contributed by atoms with Gasteiger partial charge in [0.05, 0.1) is 11.0 Å². The fraction of sp³-hybridized carbons (Fsp3) is 0.533. The fourth-order valence-corrected chi connectivity index (χ4v) is 2.86. The van der Waals surface area contributed by atoms with Gasteiger partial charge in [0.25, 0.3) is 0 Å². The van der Waals surface area contributed by atoms with Crippen LogP contribution in [0.4, 0.5) is 0 Å². The predicted octanol–water partition coefficient (Wildman–Crippen LogP) is 5.00. The van der Waals surface area contributed by atoms with E-state index in [4.69, 9.17) is 12.2 Å². The Morgan fingerprint density at radius 2 is 1.94 bits per heavy atom. The van der Waals surface area contributed by atoms with Crippen molar-refractivity contribution in [1.82, 2.24) is 9.55 Å². The number of fused-ring (bicyclic) bond motifs is 1. The molecule has 0 aliphatic rings. The van der Waals surface area contributed by atoms with Gasteiger partial charge >= 0.3 is 0 Å². The summed E-state index contributed by atoms with van der Waals surface area (Å²) in [5.41, 5.74) is 3.70. The van der Waals surface area contributed by atoms with Crippen molar-refractivity contribution < 1.29 is 0 Å². The van der Waals surface area contributed by atoms with Crippen LogP contribution in [0.15, 0.2) is 18.2 Å². The Morgan fingerprint density at radius 3 is 2.61 bits per heavy atom. The molecule has 1 atom stereocenters. The summed E-state index contributed by atoms with van der Waals surface area (Å²) in [5, 5.41) is 0. The molecule has 98 valence electrons. The van der Waals surface area contributed by atoms with Crippen molar-refractivity contribution in [3.05, 3.63) is 28.5 Å². The number of hydrogen-bond donors (Lipinski definition) is 1. The first-order valence-corrected chi connectivity index (χ1v) is 7.11. The van der Waals surface area contributed by atoms with Gasteiger partial charge in [-0.2, -0.15) is 0 Å². The predicted molar refractivity (Wildman–Crippen MR) is 80.6 cm³/mol. The molecule has 0 fully saturated rings. The third kappa shape index (κ3) is 2.51. The number of para-hydroxylation sites is 1. The number of aromatic amines is 1. The molecule has 0 aliphatic carbocycles. The molecule has 1 N–H and O–H groups in total. The van der Waals surface area contributed by atoms with E-state index in [1.54, 1.807) is 0 Å². The number of benzene rings is 1. The first-order chi connectivity index (χ1) is 8.50. The number of nitrogens with one attached hydrogen (secondary N) is 1. The number of aromatic nitrogens is 2. The first-order valence-electron chi connectivity index (χ1n) is 6.70. The third-order valence-electron chi connectivity index (χ3n) is 3.54. The van der Waals surface area contributed by atoms with Crippen molar-refractivity contribution in [3.8, 4) is 0 Å². The van der Waals surface area contributed by atoms with Crippen LogP contribution >= 0.6 is 12.2 Å². The molecule has 2 nitrogen and oxygen atoms in total. The highest BCUT2D eigenvalue weighted by Gasteiger charge is 2.13. The van der Waals surface area contributed by atoms with Crippen LogP contribution in [0.25, 0.3) is 11.0 Å². The van der Waals surface area contributed by atoms with E-state index in [1.165, 1.54) is 23.9 Å². The van der Waals surface area contributed by atoms with E-state index in [1.807, 2.05) is 0 Å². The number of imidazole rings is 1. The van der Waals surface area contributed by atoms with Gasteiger partial charge < -0.3 is 9.55 Å². The van der Waals surface area contributed by atoms with Gasteiger partial charge in [-0.1, -0.05) is 26.0 Å². The fourth-order valence-electron chi connectivity index (χ4n) is 2.48. The third-order valence-corrected chi connectivity index (χ3v) is 3.84. The van der Waals surface area contributed by atoms with Gasteiger partial charge in [-0.15, -0.1) is 0 Å². The second-order valence-electron chi connectivity index (χ2n) is 5.59. The lowest BCUT2D eigenvalue weighted by atomic mass is 10.0. The van der Waals surface area contributed by atoms with Gasteiger partial charge in [0.1, 0.15) is 0 Å². The van der Waals surface area contributed by atoms with Crippen LogP contribution in [0.5, 0.6) is 0 Å². The van der Waals surface area contributed by atoms with Gasteiger partial charge in [-0.05, 0) is 56.5 Å². The van der Waals surface area contributed by atoms with Crippen LogP contribution in [0.1, 0.15) is 45.2 Å². The maximum Gasteiger partial charge on any atom is 0.178 e. The molecule has 1 unspecified atom stereocenters. The maximum atomic E-state index is 5.48. The number of H-pyrrole nitrogens is 1. The van der Waals surface area contributed by atoms with Gasteiger partial charge in [0.15, 0.2) is 4.77 Å². The minimum Gasteiger partial charge on any atom is -0.331 e. The largest absolute Gasteiger partial charge is 0.331 e. The Bertz CT molecular complexity index is 592. The molecule has 18 heavy (non-hydrogen) atoms. The van der Waals surface area contributed by atoms with E-state index in [9.17, 15) is 0 Å². The van der Waals surface area contributed by atoms with E-state index >= 15 is 0 Å². The van der Waals surface area contributed by atoms with E-state index in [2.05, 4.69) is 55.4 Å². The zero-order valence-corrected chi connectivity index (χ0v) is 12.5. The highest BCUT2D eigenvalue weighted by Crippen LogP contribution is 2.25. The summed E-state index contributed by atoms with van der Waals surface area (Å²) >= 11 is 5.48. The molecule has 0 spiro atoms. The lowest BCUT2D eigenvalue weighted by Gasteiger charge is -2.16. The zero-order valence-electron chi connectivity index (χ0n) is 11.7. The molecule has 3 heteroatoms. The van der Waals surface area contributed by atoms with Crippen LogP contribution in [0.2, 0.25) is 0 Å². The summed E-state index contributed by atoms with van der Waals surface area (Å²) in [6.07, 6.45) is 2.41. The van der Waals surface area contributed by atoms with Gasteiger partial charge in [0.2, 0.25) is 0 Å². The van der Waals surface area contributed by atoms with E-state index in [0.717, 1.165) is 16.2 Å². The summed E-state index contributed by atoms with van der Waals surface area (Å²) in [6, 6.07) is 6.78. The molecule has 2 aromatic rings. The maximum absolute atomic E-state index is 5.48. The lowest BCUT2D eigenvalue weighted by molar-refractivity contribution is 0.443. The molecule has 0 amide bonds. The van der Waals surface area contributed by atoms with Crippen LogP contribution in [-0.4, -0.2) is 9.55 Å². The Balaban J connectivity index is 2.43. The SMILES string of the molecule is Cc1cccc2[nH]c(=S)n(C(C)CCC(C)C)c12. The normalized spacial score (nSPS) is 13.4. The molecule has 0 bridgehead atoms. The second kappa shape index (κ2) is 5.27. The quantitative estimate of drug-likeness (QED) is 0.769. The van der Waals surface area contributed by atoms with Gasteiger partial charge in [-0.3, -0.25) is 0 Å². The molecule has 1 aromatic heterocycles. The van der Waals surface area contributed by atoms with E-state index in [0.29, 0.717) is 6.04 Å². The molecule has 0 aliphatic heterocycles. The molecule has 1 aromatic carbocycles. The van der Waals surface area contributed by atoms with E-state index in [-0.39, 0.29) is 0 Å². The average Bonchev–Trinajstić information content (AvgIpc) is 2.63. The molecule has 0 saturated heterocycles. The summed E-state index contributed by atoms with van der Waals surface area (Å²) in [5.74, 6) is 0.743. The highest BCUT2D eigenvalue weighted by atomic mass is 32.1. The zero-order chi connectivity index (χ0) is 13.3. The molecule has 1 heterocycles. The number of aryl methyl sites for hydroxylation is 1. The number of nitrogens with zero attached hydrogens (tertiary/aromatic N) is 1. The molecular weight excluding hydrogens is 240 g/mol. The van der Waals surface area contributed by atoms with Crippen molar-refractivity contribution in [2.45, 2.75) is 46.6 Å². The molecule has 0 radical (unpaired) electrons. The van der Waals surface area contributed by atoms with Gasteiger partial charge in [0, 0.05) is 6.04 Å². The molecule has 0 saturated carbocycles. The highest BCUT2D eigenvalue weighted by molar-refractivity contribution is 7.71. The summed E-state index contributed by atoms with van der Waals surface area (Å²) < 4.78 is 3.12. The smallest absolute Gasteiger partial charge is 0.178 e. The summed E-state index contributed by atoms with van der Waals surface area (Å²) in [6.45, 7) is 8.95. The Hall–Kier alpha value is -1.09. The van der Waals surface area contributed by atoms with Crippen molar-refractivity contribution in [2.75, 3.05) is 0 Å². The number of hydrogen-bond acceptors (Lipinski definition) is 1. The Morgan fingerprint density at radius 1 is 1.22 bits per heavy atom. The standard InChI is InChI=1S/C15H22N2S/c1-10(2)8-9-12(4)17-14-11(3)6-5-7-13(14)16-15(17)18/h5-7,10,12H,8-9H2,1-4H3,(H,16,18). The topological polar surface area (TPSA) is 20.7 Å². The Kier molecular flexibility index (Phi) is 3.91. The van der Waals surface area contributed by atoms with Crippen molar-refractivity contribution >= 4 is 23.3 Å². The minimum atomic E-state index is 0.453. The lowest BCUT2D eigenvalue weighted by Crippen LogP contribution is -2.07. The number of rotatable bonds is 4. The monoisotopic (exact) mass is 262 g/mol. The van der Waals surface area contributed by atoms with Crippen LogP contribution in [0.3, 0.4) is 0 Å². The average molecular weight is 262 g/mol. The van der Waals surface area contributed by atoms with Crippen LogP contribution in [-0.2, 0) is 0 Å². The molecule has 2 rings (SSSR count). The van der Waals surface area contributed by atoms with Gasteiger partial charge in [-0.25, -0.2) is 0 Å². The van der Waals surface area contributed by atoms with Crippen molar-refractivity contribution in [1.29, 1.82) is 0 Å². The summed E-state index contributed by atoms with van der Waals surface area (Å²) in [4.78, 5) is 3.31. The van der Waals surface area contributed by atoms with Crippen LogP contribution < -0.4 is 0 Å². The minimum absolute atomic E-state index is 0.453. The first kappa shape index (κ1) is 13.3. The van der Waals surface area contributed by atoms with Crippen molar-refractivity contribution in [3.63, 3.8) is 0 Å². The van der Waals surface area contributed by atoms with Crippen molar-refractivity contribution in [2.24, 2.45) is 5.92 Å². The molecular formula is C15H22N2S.